The first kappa shape index (κ1) is 28.6. The maximum Gasteiger partial charge on any atom is 0.455 e. The minimum Gasteiger partial charge on any atom is -0.506 e. The van der Waals surface area contributed by atoms with Crippen LogP contribution >= 0.6 is 0 Å². The fourth-order valence-corrected chi connectivity index (χ4v) is 3.63. The summed E-state index contributed by atoms with van der Waals surface area (Å²) in [4.78, 5) is 31.9. The number of aromatic hydroxyl groups is 1. The van der Waals surface area contributed by atoms with E-state index in [4.69, 9.17) is 4.42 Å². The molecule has 0 saturated carbocycles. The second-order valence-electron chi connectivity index (χ2n) is 7.93. The molecule has 1 radical (unpaired) electrons. The third-order valence-corrected chi connectivity index (χ3v) is 5.29. The smallest absolute Gasteiger partial charge is 0.455 e. The third-order valence-electron chi connectivity index (χ3n) is 5.29. The van der Waals surface area contributed by atoms with Gasteiger partial charge in [-0.25, -0.2) is 4.79 Å². The van der Waals surface area contributed by atoms with Gasteiger partial charge < -0.3 is 9.52 Å². The minimum absolute atomic E-state index is 0. The van der Waals surface area contributed by atoms with Crippen molar-refractivity contribution in [1.29, 1.82) is 0 Å². The van der Waals surface area contributed by atoms with E-state index in [9.17, 15) is 27.9 Å². The summed E-state index contributed by atoms with van der Waals surface area (Å²) in [6.45, 7) is 3.97. The summed E-state index contributed by atoms with van der Waals surface area (Å²) in [5, 5.41) is 10.9. The number of alkyl halides is 3. The maximum atomic E-state index is 12.5. The molecule has 3 heterocycles. The molecule has 0 bridgehead atoms. The van der Waals surface area contributed by atoms with Crippen LogP contribution in [0.3, 0.4) is 0 Å². The van der Waals surface area contributed by atoms with Crippen molar-refractivity contribution >= 4 is 27.5 Å². The van der Waals surface area contributed by atoms with E-state index in [1.807, 2.05) is 50.2 Å². The van der Waals surface area contributed by atoms with Gasteiger partial charge in [-0.2, -0.15) is 13.2 Å². The molecule has 5 rings (SSSR count). The standard InChI is InChI=1S/C15H7F3O4.C12H12N2.Eu/c16-15(17,18)13(20)10-11(19)9-6-5-7-3-1-2-4-8(7)12(9)22-14(10)21;1-9-5-3-7-11(13-9)12-8-4-6-10(2)14-12;/h1-6,19H;3-8H,1-2H3;. The molecule has 189 valence electrons. The molecule has 0 aliphatic carbocycles. The van der Waals surface area contributed by atoms with Gasteiger partial charge in [-0.3, -0.25) is 14.8 Å². The number of carbonyl (C=O) groups is 1. The predicted molar refractivity (Wildman–Crippen MR) is 129 cm³/mol. The van der Waals surface area contributed by atoms with E-state index in [2.05, 4.69) is 9.97 Å². The predicted octanol–water partition coefficient (Wildman–Crippen LogP) is 6.16. The van der Waals surface area contributed by atoms with Crippen LogP contribution in [0.4, 0.5) is 13.2 Å². The van der Waals surface area contributed by atoms with Crippen molar-refractivity contribution in [3.63, 3.8) is 0 Å². The van der Waals surface area contributed by atoms with Crippen LogP contribution in [0.25, 0.3) is 33.1 Å². The molecule has 0 amide bonds. The number of hydrogen-bond acceptors (Lipinski definition) is 6. The van der Waals surface area contributed by atoms with Crippen molar-refractivity contribution in [1.82, 2.24) is 9.97 Å². The van der Waals surface area contributed by atoms with Gasteiger partial charge >= 0.3 is 11.8 Å². The van der Waals surface area contributed by atoms with Crippen molar-refractivity contribution in [2.45, 2.75) is 20.0 Å². The number of rotatable bonds is 2. The fraction of sp³-hybridized carbons (Fsp3) is 0.111. The first-order chi connectivity index (χ1) is 17.1. The molecule has 5 aromatic rings. The Kier molecular flexibility index (Phi) is 8.99. The quantitative estimate of drug-likeness (QED) is 0.141. The zero-order valence-corrected chi connectivity index (χ0v) is 21.9. The van der Waals surface area contributed by atoms with Crippen molar-refractivity contribution in [3.8, 4) is 17.1 Å². The molecule has 37 heavy (non-hydrogen) atoms. The SMILES string of the molecule is Cc1cccc(-c2cccc(C)n2)n1.O=C(c1c(O)c2ccc3ccccc3c2oc1=O)C(F)(F)F.[Eu]. The summed E-state index contributed by atoms with van der Waals surface area (Å²) in [5.74, 6) is -3.46. The third kappa shape index (κ3) is 6.31. The van der Waals surface area contributed by atoms with Crippen molar-refractivity contribution < 1.29 is 76.9 Å². The largest absolute Gasteiger partial charge is 0.506 e. The molecule has 10 heteroatoms. The molecule has 3 aromatic heterocycles. The van der Waals surface area contributed by atoms with E-state index < -0.39 is 28.9 Å². The monoisotopic (exact) mass is 645 g/mol. The van der Waals surface area contributed by atoms with Gasteiger partial charge in [0.1, 0.15) is 11.3 Å². The number of hydrogen-bond donors (Lipinski definition) is 1. The van der Waals surface area contributed by atoms with Crippen molar-refractivity contribution in [2.24, 2.45) is 0 Å². The Morgan fingerprint density at radius 3 is 1.92 bits per heavy atom. The molecule has 1 N–H and O–H groups in total. The van der Waals surface area contributed by atoms with Crippen LogP contribution in [0.2, 0.25) is 0 Å². The van der Waals surface area contributed by atoms with Gasteiger partial charge in [-0.15, -0.1) is 0 Å². The van der Waals surface area contributed by atoms with Crippen LogP contribution < -0.4 is 5.63 Å². The van der Waals surface area contributed by atoms with Gasteiger partial charge in [0.05, 0.1) is 16.8 Å². The van der Waals surface area contributed by atoms with E-state index in [0.29, 0.717) is 10.8 Å². The summed E-state index contributed by atoms with van der Waals surface area (Å²) < 4.78 is 42.4. The number of Topliss-reactive ketones (excluding diaryl/α,β-unsaturated/α-hetero) is 1. The number of halogens is 3. The van der Waals surface area contributed by atoms with E-state index in [0.717, 1.165) is 22.8 Å². The molecule has 0 unspecified atom stereocenters. The Balaban J connectivity index is 0.000000220. The second-order valence-corrected chi connectivity index (χ2v) is 7.93. The number of ketones is 1. The van der Waals surface area contributed by atoms with Gasteiger partial charge in [0.2, 0.25) is 0 Å². The molecular weight excluding hydrogens is 625 g/mol. The number of fused-ring (bicyclic) bond motifs is 3. The number of pyridine rings is 2. The van der Waals surface area contributed by atoms with Crippen molar-refractivity contribution in [3.05, 3.63) is 100 Å². The minimum atomic E-state index is -5.28. The Morgan fingerprint density at radius 2 is 1.38 bits per heavy atom. The average molecular weight is 644 g/mol. The normalized spacial score (nSPS) is 10.9. The number of carbonyl (C=O) groups excluding carboxylic acids is 1. The van der Waals surface area contributed by atoms with E-state index in [1.165, 1.54) is 6.07 Å². The zero-order valence-electron chi connectivity index (χ0n) is 19.5. The average Bonchev–Trinajstić information content (AvgIpc) is 2.84. The summed E-state index contributed by atoms with van der Waals surface area (Å²) >= 11 is 0. The summed E-state index contributed by atoms with van der Waals surface area (Å²) in [6.07, 6.45) is -5.28. The van der Waals surface area contributed by atoms with Crippen LogP contribution in [-0.4, -0.2) is 27.0 Å². The second kappa shape index (κ2) is 11.6. The molecule has 0 saturated heterocycles. The first-order valence-electron chi connectivity index (χ1n) is 10.7. The number of nitrogens with zero attached hydrogens (tertiary/aromatic N) is 2. The van der Waals surface area contributed by atoms with Crippen LogP contribution in [0, 0.1) is 63.2 Å². The molecule has 2 aromatic carbocycles. The van der Waals surface area contributed by atoms with Gasteiger partial charge in [0.25, 0.3) is 5.78 Å². The van der Waals surface area contributed by atoms with Gasteiger partial charge in [0.15, 0.2) is 5.56 Å². The summed E-state index contributed by atoms with van der Waals surface area (Å²) in [7, 11) is 0. The summed E-state index contributed by atoms with van der Waals surface area (Å²) in [6, 6.07) is 21.4. The molecule has 6 nitrogen and oxygen atoms in total. The molecule has 0 fully saturated rings. The first-order valence-corrected chi connectivity index (χ1v) is 10.7. The zero-order chi connectivity index (χ0) is 26.0. The van der Waals surface area contributed by atoms with Gasteiger partial charge in [-0.05, 0) is 49.6 Å². The van der Waals surface area contributed by atoms with E-state index in [1.54, 1.807) is 30.3 Å². The molecule has 0 aliphatic rings. The Labute approximate surface area is 249 Å². The van der Waals surface area contributed by atoms with E-state index in [-0.39, 0.29) is 60.3 Å². The van der Waals surface area contributed by atoms with Gasteiger partial charge in [0, 0.05) is 66.2 Å². The fourth-order valence-electron chi connectivity index (χ4n) is 3.63. The summed E-state index contributed by atoms with van der Waals surface area (Å²) in [5.41, 5.74) is 0.914. The van der Waals surface area contributed by atoms with Crippen LogP contribution in [0.5, 0.6) is 5.75 Å². The van der Waals surface area contributed by atoms with Crippen LogP contribution in [0.1, 0.15) is 21.7 Å². The van der Waals surface area contributed by atoms with Gasteiger partial charge in [-0.1, -0.05) is 42.5 Å². The maximum absolute atomic E-state index is 12.5. The molecule has 0 atom stereocenters. The van der Waals surface area contributed by atoms with Crippen molar-refractivity contribution in [2.75, 3.05) is 0 Å². The van der Waals surface area contributed by atoms with Crippen LogP contribution in [-0.2, 0) is 0 Å². The number of aromatic nitrogens is 2. The number of benzene rings is 2. The van der Waals surface area contributed by atoms with Crippen LogP contribution in [0.15, 0.2) is 82.0 Å². The topological polar surface area (TPSA) is 93.3 Å². The number of aryl methyl sites for hydroxylation is 2. The molecule has 0 spiro atoms. The Hall–Kier alpha value is -2.95. The Morgan fingerprint density at radius 1 is 0.811 bits per heavy atom. The van der Waals surface area contributed by atoms with E-state index >= 15 is 0 Å². The molecular formula is C27H19EuF3N2O4. The molecule has 0 aliphatic heterocycles. The Bertz CT molecular complexity index is 1620.